The summed E-state index contributed by atoms with van der Waals surface area (Å²) in [7, 11) is 0. The highest BCUT2D eigenvalue weighted by Gasteiger charge is 2.40. The molecule has 0 saturated carbocycles. The summed E-state index contributed by atoms with van der Waals surface area (Å²) in [5, 5.41) is 59.8. The molecule has 0 fully saturated rings. The van der Waals surface area contributed by atoms with Gasteiger partial charge in [0.2, 0.25) is 0 Å². The van der Waals surface area contributed by atoms with Crippen molar-refractivity contribution in [3.63, 3.8) is 0 Å². The van der Waals surface area contributed by atoms with E-state index in [1.807, 2.05) is 6.92 Å². The number of aliphatic hydroxyl groups is 4. The second-order valence-electron chi connectivity index (χ2n) is 4.81. The Hall–Kier alpha value is -1.75. The largest absolute Gasteiger partial charge is 0.481 e. The van der Waals surface area contributed by atoms with Gasteiger partial charge in [-0.05, 0) is 6.42 Å². The van der Waals surface area contributed by atoms with Gasteiger partial charge in [0.25, 0.3) is 0 Å². The Kier molecular flexibility index (Phi) is 10.3. The van der Waals surface area contributed by atoms with E-state index in [0.29, 0.717) is 6.42 Å². The first-order chi connectivity index (χ1) is 10.0. The Morgan fingerprint density at radius 3 is 1.23 bits per heavy atom. The van der Waals surface area contributed by atoms with E-state index >= 15 is 0 Å². The van der Waals surface area contributed by atoms with Gasteiger partial charge in [-0.2, -0.15) is 0 Å². The summed E-state index contributed by atoms with van der Waals surface area (Å²) in [6.07, 6.45) is -1.69. The second-order valence-corrected chi connectivity index (χ2v) is 4.81. The number of carbonyl (C=O) groups is 3. The highest BCUT2D eigenvalue weighted by atomic mass is 16.4. The topological polar surface area (TPSA) is 193 Å². The summed E-state index contributed by atoms with van der Waals surface area (Å²) in [6, 6.07) is 0. The lowest BCUT2D eigenvalue weighted by Gasteiger charge is -2.24. The fourth-order valence-electron chi connectivity index (χ4n) is 1.20. The van der Waals surface area contributed by atoms with Gasteiger partial charge in [0, 0.05) is 5.41 Å². The van der Waals surface area contributed by atoms with Gasteiger partial charge in [-0.25, -0.2) is 4.79 Å². The minimum Gasteiger partial charge on any atom is -0.481 e. The molecular formula is C12H22O10. The fourth-order valence-corrected chi connectivity index (χ4v) is 1.20. The van der Waals surface area contributed by atoms with Gasteiger partial charge in [-0.3, -0.25) is 9.59 Å². The standard InChI is InChI=1S/C6H8O7.C6H14O3/c7-3(8)1-6(13,5(11)12)2-4(9)10;1-2-6(3-7,4-8)5-9/h13H,1-2H2,(H,7,8)(H,9,10)(H,11,12);7-9H,2-5H2,1H3. The molecule has 0 spiro atoms. The highest BCUT2D eigenvalue weighted by molar-refractivity contribution is 5.88. The summed E-state index contributed by atoms with van der Waals surface area (Å²) in [5.74, 6) is -5.02. The number of carboxylic acid groups (broad SMARTS) is 3. The van der Waals surface area contributed by atoms with Crippen molar-refractivity contribution in [2.75, 3.05) is 19.8 Å². The van der Waals surface area contributed by atoms with Gasteiger partial charge in [-0.15, -0.1) is 0 Å². The quantitative estimate of drug-likeness (QED) is 0.252. The van der Waals surface area contributed by atoms with E-state index < -0.39 is 41.8 Å². The summed E-state index contributed by atoms with van der Waals surface area (Å²) < 4.78 is 0. The molecule has 22 heavy (non-hydrogen) atoms. The lowest BCUT2D eigenvalue weighted by atomic mass is 9.88. The zero-order chi connectivity index (χ0) is 18.0. The first-order valence-corrected chi connectivity index (χ1v) is 6.24. The van der Waals surface area contributed by atoms with Crippen molar-refractivity contribution in [2.45, 2.75) is 31.8 Å². The van der Waals surface area contributed by atoms with E-state index in [9.17, 15) is 14.4 Å². The van der Waals surface area contributed by atoms with Crippen LogP contribution in [0.4, 0.5) is 0 Å². The molecule has 0 aromatic carbocycles. The van der Waals surface area contributed by atoms with Crippen molar-refractivity contribution in [2.24, 2.45) is 5.41 Å². The molecule has 0 bridgehead atoms. The third kappa shape index (κ3) is 7.88. The maximum atomic E-state index is 10.3. The van der Waals surface area contributed by atoms with E-state index in [0.717, 1.165) is 0 Å². The van der Waals surface area contributed by atoms with Crippen LogP contribution >= 0.6 is 0 Å². The van der Waals surface area contributed by atoms with Crippen molar-refractivity contribution in [3.05, 3.63) is 0 Å². The van der Waals surface area contributed by atoms with Crippen molar-refractivity contribution in [1.82, 2.24) is 0 Å². The van der Waals surface area contributed by atoms with Crippen LogP contribution in [-0.2, 0) is 14.4 Å². The molecule has 0 aromatic rings. The highest BCUT2D eigenvalue weighted by Crippen LogP contribution is 2.18. The number of aliphatic hydroxyl groups excluding tert-OH is 3. The number of carboxylic acids is 3. The molecular weight excluding hydrogens is 304 g/mol. The molecule has 0 saturated heterocycles. The van der Waals surface area contributed by atoms with Gasteiger partial charge >= 0.3 is 17.9 Å². The van der Waals surface area contributed by atoms with Crippen molar-refractivity contribution >= 4 is 17.9 Å². The average Bonchev–Trinajstić information content (AvgIpc) is 2.40. The monoisotopic (exact) mass is 326 g/mol. The Morgan fingerprint density at radius 1 is 0.818 bits per heavy atom. The summed E-state index contributed by atoms with van der Waals surface area (Å²) in [4.78, 5) is 30.5. The Bertz CT molecular complexity index is 341. The first kappa shape index (κ1) is 22.5. The number of aliphatic carboxylic acids is 3. The van der Waals surface area contributed by atoms with Crippen LogP contribution < -0.4 is 0 Å². The van der Waals surface area contributed by atoms with Crippen LogP contribution in [0.25, 0.3) is 0 Å². The van der Waals surface area contributed by atoms with E-state index in [1.54, 1.807) is 0 Å². The molecule has 0 aromatic heterocycles. The predicted molar refractivity (Wildman–Crippen MR) is 71.1 cm³/mol. The van der Waals surface area contributed by atoms with Gasteiger partial charge in [0.05, 0.1) is 32.7 Å². The van der Waals surface area contributed by atoms with E-state index in [4.69, 9.17) is 35.7 Å². The lowest BCUT2D eigenvalue weighted by Crippen LogP contribution is -2.42. The Morgan fingerprint density at radius 2 is 1.14 bits per heavy atom. The molecule has 0 atom stereocenters. The molecule has 0 rings (SSSR count). The molecule has 0 aliphatic rings. The van der Waals surface area contributed by atoms with E-state index in [1.165, 1.54) is 0 Å². The third-order valence-electron chi connectivity index (χ3n) is 3.04. The zero-order valence-corrected chi connectivity index (χ0v) is 12.1. The van der Waals surface area contributed by atoms with Gasteiger partial charge in [-0.1, -0.05) is 6.92 Å². The van der Waals surface area contributed by atoms with Crippen LogP contribution in [0.15, 0.2) is 0 Å². The predicted octanol–water partition coefficient (Wildman–Crippen LogP) is -1.89. The Balaban J connectivity index is 0. The molecule has 0 unspecified atom stereocenters. The van der Waals surface area contributed by atoms with Crippen LogP contribution in [-0.4, -0.2) is 79.1 Å². The van der Waals surface area contributed by atoms with E-state index in [2.05, 4.69) is 0 Å². The maximum Gasteiger partial charge on any atom is 0.336 e. The van der Waals surface area contributed by atoms with Gasteiger partial charge < -0.3 is 35.7 Å². The van der Waals surface area contributed by atoms with Gasteiger partial charge in [0.15, 0.2) is 5.60 Å². The molecule has 10 heteroatoms. The van der Waals surface area contributed by atoms with E-state index in [-0.39, 0.29) is 19.8 Å². The first-order valence-electron chi connectivity index (χ1n) is 6.24. The maximum absolute atomic E-state index is 10.3. The van der Waals surface area contributed by atoms with Crippen molar-refractivity contribution < 1.29 is 50.1 Å². The molecule has 0 radical (unpaired) electrons. The van der Waals surface area contributed by atoms with Crippen molar-refractivity contribution in [3.8, 4) is 0 Å². The number of hydrogen-bond donors (Lipinski definition) is 7. The number of hydrogen-bond acceptors (Lipinski definition) is 7. The molecule has 130 valence electrons. The van der Waals surface area contributed by atoms with Crippen LogP contribution in [0.3, 0.4) is 0 Å². The molecule has 7 N–H and O–H groups in total. The minimum atomic E-state index is -2.74. The fraction of sp³-hybridized carbons (Fsp3) is 0.750. The SMILES string of the molecule is CCC(CO)(CO)CO.O=C(O)CC(O)(CC(=O)O)C(=O)O. The molecule has 0 aliphatic heterocycles. The molecule has 10 nitrogen and oxygen atoms in total. The molecule has 0 aliphatic carbocycles. The van der Waals surface area contributed by atoms with Crippen LogP contribution in [0.5, 0.6) is 0 Å². The lowest BCUT2D eigenvalue weighted by molar-refractivity contribution is -0.170. The minimum absolute atomic E-state index is 0.156. The van der Waals surface area contributed by atoms with Gasteiger partial charge in [0.1, 0.15) is 0 Å². The van der Waals surface area contributed by atoms with Crippen molar-refractivity contribution in [1.29, 1.82) is 0 Å². The third-order valence-corrected chi connectivity index (χ3v) is 3.04. The zero-order valence-electron chi connectivity index (χ0n) is 12.1. The van der Waals surface area contributed by atoms with Crippen LogP contribution in [0.2, 0.25) is 0 Å². The Labute approximate surface area is 126 Å². The molecule has 0 amide bonds. The number of rotatable bonds is 9. The summed E-state index contributed by atoms with van der Waals surface area (Å²) in [6.45, 7) is 1.35. The summed E-state index contributed by atoms with van der Waals surface area (Å²) in [5.41, 5.74) is -3.41. The van der Waals surface area contributed by atoms with Crippen LogP contribution in [0, 0.1) is 5.41 Å². The molecule has 0 heterocycles. The smallest absolute Gasteiger partial charge is 0.336 e. The van der Waals surface area contributed by atoms with Crippen LogP contribution in [0.1, 0.15) is 26.2 Å². The normalized spacial score (nSPS) is 11.3. The summed E-state index contributed by atoms with van der Waals surface area (Å²) >= 11 is 0. The average molecular weight is 326 g/mol. The second kappa shape index (κ2) is 10.1.